The van der Waals surface area contributed by atoms with Crippen molar-refractivity contribution in [3.8, 4) is 0 Å². The number of hydrogen-bond donors (Lipinski definition) is 2. The molecule has 2 heterocycles. The minimum atomic E-state index is -0.416. The standard InChI is InChI=1S/C18H21FN4O3/c1-18(11-26-12-18)10-20-17(25)9-23-8-14(7-21-23)22-16(24)6-13-4-2-3-5-15(13)19/h2-5,7-8H,6,9-12H2,1H3,(H,20,25)(H,22,24). The van der Waals surface area contributed by atoms with E-state index in [2.05, 4.69) is 15.7 Å². The Morgan fingerprint density at radius 1 is 1.31 bits per heavy atom. The van der Waals surface area contributed by atoms with E-state index in [9.17, 15) is 14.0 Å². The van der Waals surface area contributed by atoms with E-state index in [1.54, 1.807) is 24.4 Å². The zero-order valence-corrected chi connectivity index (χ0v) is 14.5. The molecule has 3 rings (SSSR count). The first kappa shape index (κ1) is 18.1. The number of nitrogens with one attached hydrogen (secondary N) is 2. The number of carbonyl (C=O) groups is 2. The molecule has 1 aliphatic rings. The van der Waals surface area contributed by atoms with E-state index >= 15 is 0 Å². The molecule has 7 nitrogen and oxygen atoms in total. The number of carbonyl (C=O) groups excluding carboxylic acids is 2. The molecule has 1 aromatic heterocycles. The van der Waals surface area contributed by atoms with Crippen molar-refractivity contribution in [1.29, 1.82) is 0 Å². The summed E-state index contributed by atoms with van der Waals surface area (Å²) in [5.74, 6) is -0.928. The lowest BCUT2D eigenvalue weighted by molar-refractivity contribution is -0.127. The van der Waals surface area contributed by atoms with Gasteiger partial charge in [-0.1, -0.05) is 25.1 Å². The summed E-state index contributed by atoms with van der Waals surface area (Å²) in [7, 11) is 0. The van der Waals surface area contributed by atoms with Crippen LogP contribution in [-0.4, -0.2) is 41.4 Å². The van der Waals surface area contributed by atoms with Crippen LogP contribution in [0.5, 0.6) is 0 Å². The summed E-state index contributed by atoms with van der Waals surface area (Å²) < 4.78 is 20.2. The molecule has 2 aromatic rings. The van der Waals surface area contributed by atoms with Crippen LogP contribution in [0.1, 0.15) is 12.5 Å². The van der Waals surface area contributed by atoms with Crippen LogP contribution < -0.4 is 10.6 Å². The number of hydrogen-bond acceptors (Lipinski definition) is 4. The quantitative estimate of drug-likeness (QED) is 0.781. The average molecular weight is 360 g/mol. The second kappa shape index (κ2) is 7.65. The van der Waals surface area contributed by atoms with Crippen molar-refractivity contribution in [3.05, 3.63) is 48.0 Å². The number of aromatic nitrogens is 2. The van der Waals surface area contributed by atoms with Crippen molar-refractivity contribution in [2.45, 2.75) is 19.9 Å². The number of rotatable bonds is 7. The van der Waals surface area contributed by atoms with Crippen LogP contribution in [-0.2, 0) is 27.3 Å². The van der Waals surface area contributed by atoms with Gasteiger partial charge in [-0.25, -0.2) is 4.39 Å². The Kier molecular flexibility index (Phi) is 5.32. The summed E-state index contributed by atoms with van der Waals surface area (Å²) in [6, 6.07) is 6.13. The van der Waals surface area contributed by atoms with Crippen LogP contribution in [0.15, 0.2) is 36.7 Å². The Bertz CT molecular complexity index is 801. The molecule has 138 valence electrons. The highest BCUT2D eigenvalue weighted by molar-refractivity contribution is 5.92. The summed E-state index contributed by atoms with van der Waals surface area (Å²) >= 11 is 0. The zero-order valence-electron chi connectivity index (χ0n) is 14.5. The van der Waals surface area contributed by atoms with Gasteiger partial charge in [0.05, 0.1) is 31.5 Å². The number of halogens is 1. The molecule has 0 aliphatic carbocycles. The first-order chi connectivity index (χ1) is 12.4. The Balaban J connectivity index is 1.47. The molecule has 0 atom stereocenters. The number of nitrogens with zero attached hydrogens (tertiary/aromatic N) is 2. The predicted molar refractivity (Wildman–Crippen MR) is 92.9 cm³/mol. The first-order valence-corrected chi connectivity index (χ1v) is 8.34. The summed E-state index contributed by atoms with van der Waals surface area (Å²) in [4.78, 5) is 24.0. The lowest BCUT2D eigenvalue weighted by Crippen LogP contribution is -2.49. The number of anilines is 1. The Labute approximate surface area is 150 Å². The Morgan fingerprint density at radius 3 is 2.77 bits per heavy atom. The monoisotopic (exact) mass is 360 g/mol. The van der Waals surface area contributed by atoms with Gasteiger partial charge in [-0.2, -0.15) is 5.10 Å². The van der Waals surface area contributed by atoms with Crippen molar-refractivity contribution in [2.75, 3.05) is 25.1 Å². The molecule has 2 N–H and O–H groups in total. The fraction of sp³-hybridized carbons (Fsp3) is 0.389. The van der Waals surface area contributed by atoms with Crippen LogP contribution in [0.25, 0.3) is 0 Å². The smallest absolute Gasteiger partial charge is 0.241 e. The first-order valence-electron chi connectivity index (χ1n) is 8.34. The van der Waals surface area contributed by atoms with Gasteiger partial charge < -0.3 is 15.4 Å². The van der Waals surface area contributed by atoms with E-state index in [-0.39, 0.29) is 30.2 Å². The van der Waals surface area contributed by atoms with Gasteiger partial charge in [-0.3, -0.25) is 14.3 Å². The molecule has 1 fully saturated rings. The molecule has 0 saturated carbocycles. The molecule has 2 amide bonds. The largest absolute Gasteiger partial charge is 0.380 e. The fourth-order valence-corrected chi connectivity index (χ4v) is 2.60. The highest BCUT2D eigenvalue weighted by Gasteiger charge is 2.33. The van der Waals surface area contributed by atoms with E-state index in [4.69, 9.17) is 4.74 Å². The number of ether oxygens (including phenoxy) is 1. The molecule has 1 saturated heterocycles. The third-order valence-corrected chi connectivity index (χ3v) is 4.14. The van der Waals surface area contributed by atoms with Crippen molar-refractivity contribution < 1.29 is 18.7 Å². The Morgan fingerprint density at radius 2 is 2.08 bits per heavy atom. The molecule has 8 heteroatoms. The van der Waals surface area contributed by atoms with E-state index in [1.165, 1.54) is 16.9 Å². The Hall–Kier alpha value is -2.74. The average Bonchev–Trinajstić information content (AvgIpc) is 3.00. The molecule has 0 unspecified atom stereocenters. The normalized spacial score (nSPS) is 15.2. The highest BCUT2D eigenvalue weighted by Crippen LogP contribution is 2.24. The lowest BCUT2D eigenvalue weighted by atomic mass is 9.89. The van der Waals surface area contributed by atoms with Gasteiger partial charge in [0.1, 0.15) is 12.4 Å². The zero-order chi connectivity index (χ0) is 18.6. The van der Waals surface area contributed by atoms with Gasteiger partial charge in [0, 0.05) is 18.2 Å². The third-order valence-electron chi connectivity index (χ3n) is 4.14. The topological polar surface area (TPSA) is 85.3 Å². The highest BCUT2D eigenvalue weighted by atomic mass is 19.1. The summed E-state index contributed by atoms with van der Waals surface area (Å²) in [6.07, 6.45) is 2.94. The van der Waals surface area contributed by atoms with Crippen molar-refractivity contribution in [2.24, 2.45) is 5.41 Å². The van der Waals surface area contributed by atoms with Crippen LogP contribution in [0.2, 0.25) is 0 Å². The van der Waals surface area contributed by atoms with E-state index in [0.717, 1.165) is 0 Å². The summed E-state index contributed by atoms with van der Waals surface area (Å²) in [6.45, 7) is 3.95. The summed E-state index contributed by atoms with van der Waals surface area (Å²) in [5, 5.41) is 9.56. The van der Waals surface area contributed by atoms with Gasteiger partial charge >= 0.3 is 0 Å². The lowest BCUT2D eigenvalue weighted by Gasteiger charge is -2.37. The SMILES string of the molecule is CC1(CNC(=O)Cn2cc(NC(=O)Cc3ccccc3F)cn2)COC1. The van der Waals surface area contributed by atoms with E-state index in [1.807, 2.05) is 6.92 Å². The summed E-state index contributed by atoms with van der Waals surface area (Å²) in [5.41, 5.74) is 0.787. The van der Waals surface area contributed by atoms with Crippen molar-refractivity contribution >= 4 is 17.5 Å². The van der Waals surface area contributed by atoms with Crippen LogP contribution >= 0.6 is 0 Å². The molecular weight excluding hydrogens is 339 g/mol. The van der Waals surface area contributed by atoms with Crippen molar-refractivity contribution in [1.82, 2.24) is 15.1 Å². The van der Waals surface area contributed by atoms with Crippen LogP contribution in [0.4, 0.5) is 10.1 Å². The fourth-order valence-electron chi connectivity index (χ4n) is 2.60. The second-order valence-corrected chi connectivity index (χ2v) is 6.82. The van der Waals surface area contributed by atoms with E-state index in [0.29, 0.717) is 31.0 Å². The molecule has 1 aliphatic heterocycles. The molecule has 0 spiro atoms. The van der Waals surface area contributed by atoms with E-state index < -0.39 is 5.82 Å². The minimum absolute atomic E-state index is 0.00558. The molecule has 1 aromatic carbocycles. The van der Waals surface area contributed by atoms with Gasteiger partial charge in [0.2, 0.25) is 11.8 Å². The van der Waals surface area contributed by atoms with Gasteiger partial charge in [-0.15, -0.1) is 0 Å². The molecule has 0 bridgehead atoms. The predicted octanol–water partition coefficient (Wildman–Crippen LogP) is 1.36. The molecular formula is C18H21FN4O3. The van der Waals surface area contributed by atoms with Gasteiger partial charge in [-0.05, 0) is 11.6 Å². The number of amides is 2. The maximum Gasteiger partial charge on any atom is 0.241 e. The van der Waals surface area contributed by atoms with Crippen molar-refractivity contribution in [3.63, 3.8) is 0 Å². The third kappa shape index (κ3) is 4.66. The maximum absolute atomic E-state index is 13.6. The second-order valence-electron chi connectivity index (χ2n) is 6.82. The van der Waals surface area contributed by atoms with Gasteiger partial charge in [0.25, 0.3) is 0 Å². The maximum atomic E-state index is 13.6. The molecule has 0 radical (unpaired) electrons. The van der Waals surface area contributed by atoms with Crippen LogP contribution in [0.3, 0.4) is 0 Å². The minimum Gasteiger partial charge on any atom is -0.380 e. The van der Waals surface area contributed by atoms with Crippen LogP contribution in [0, 0.1) is 11.2 Å². The van der Waals surface area contributed by atoms with Gasteiger partial charge in [0.15, 0.2) is 0 Å². The molecule has 26 heavy (non-hydrogen) atoms. The number of benzene rings is 1.